The highest BCUT2D eigenvalue weighted by Crippen LogP contribution is 2.48. The van der Waals surface area contributed by atoms with Crippen LogP contribution in [0.4, 0.5) is 9.18 Å². The predicted octanol–water partition coefficient (Wildman–Crippen LogP) is 6.04. The Morgan fingerprint density at radius 1 is 1.02 bits per heavy atom. The van der Waals surface area contributed by atoms with Gasteiger partial charge < -0.3 is 29.5 Å². The fraction of sp³-hybridized carbons (Fsp3) is 0.281. The fourth-order valence-corrected chi connectivity index (χ4v) is 6.40. The van der Waals surface area contributed by atoms with Crippen LogP contribution in [0.3, 0.4) is 0 Å². The number of likely N-dealkylation sites (tertiary alicyclic amines) is 1. The Kier molecular flexibility index (Phi) is 7.89. The highest BCUT2D eigenvalue weighted by molar-refractivity contribution is 6.31. The predicted molar refractivity (Wildman–Crippen MR) is 163 cm³/mol. The van der Waals surface area contributed by atoms with Gasteiger partial charge in [-0.3, -0.25) is 9.59 Å². The Labute approximate surface area is 262 Å². The third-order valence-electron chi connectivity index (χ3n) is 8.32. The molecule has 44 heavy (non-hydrogen) atoms. The summed E-state index contributed by atoms with van der Waals surface area (Å²) in [6.07, 6.45) is 0.387. The summed E-state index contributed by atoms with van der Waals surface area (Å²) in [6, 6.07) is 15.9. The lowest BCUT2D eigenvalue weighted by molar-refractivity contribution is -0.152. The van der Waals surface area contributed by atoms with Crippen molar-refractivity contribution < 1.29 is 28.6 Å². The Hall–Kier alpha value is -4.28. The zero-order chi connectivity index (χ0) is 31.2. The van der Waals surface area contributed by atoms with Crippen LogP contribution in [0.5, 0.6) is 5.75 Å². The SMILES string of the molecule is Cc1ccc(OC2(C(=O)N3CCN(C(=O)O)CC3)CC(=O)N(Cc3ccc(Cl)c(F)c3)C2c2c[nH]c3cc(Cl)ccc23)cc1. The second kappa shape index (κ2) is 11.7. The molecule has 6 rings (SSSR count). The smallest absolute Gasteiger partial charge is 0.407 e. The van der Waals surface area contributed by atoms with E-state index in [4.69, 9.17) is 27.9 Å². The van der Waals surface area contributed by atoms with Crippen LogP contribution >= 0.6 is 23.2 Å². The summed E-state index contributed by atoms with van der Waals surface area (Å²) < 4.78 is 21.2. The summed E-state index contributed by atoms with van der Waals surface area (Å²) >= 11 is 12.2. The van der Waals surface area contributed by atoms with Gasteiger partial charge in [-0.15, -0.1) is 0 Å². The molecule has 4 aromatic rings. The molecule has 2 unspecified atom stereocenters. The molecule has 3 amide bonds. The number of aromatic amines is 1. The number of amides is 3. The van der Waals surface area contributed by atoms with E-state index in [0.29, 0.717) is 27.4 Å². The zero-order valence-electron chi connectivity index (χ0n) is 23.7. The monoisotopic (exact) mass is 638 g/mol. The van der Waals surface area contributed by atoms with Gasteiger partial charge in [0.15, 0.2) is 0 Å². The molecule has 0 radical (unpaired) electrons. The van der Waals surface area contributed by atoms with Crippen molar-refractivity contribution in [2.75, 3.05) is 26.2 Å². The molecule has 0 bridgehead atoms. The minimum Gasteiger partial charge on any atom is -0.474 e. The molecule has 3 aromatic carbocycles. The van der Waals surface area contributed by atoms with Gasteiger partial charge in [-0.2, -0.15) is 0 Å². The molecule has 2 fully saturated rings. The number of aromatic nitrogens is 1. The van der Waals surface area contributed by atoms with Gasteiger partial charge in [0.05, 0.1) is 11.4 Å². The fourth-order valence-electron chi connectivity index (χ4n) is 6.11. The summed E-state index contributed by atoms with van der Waals surface area (Å²) in [5, 5.41) is 10.7. The minimum absolute atomic E-state index is 0.0169. The second-order valence-electron chi connectivity index (χ2n) is 11.1. The van der Waals surface area contributed by atoms with E-state index in [1.807, 2.05) is 25.1 Å². The number of carbonyl (C=O) groups excluding carboxylic acids is 2. The van der Waals surface area contributed by atoms with E-state index >= 15 is 0 Å². The molecule has 2 atom stereocenters. The molecule has 2 aliphatic heterocycles. The minimum atomic E-state index is -1.74. The van der Waals surface area contributed by atoms with E-state index in [9.17, 15) is 23.9 Å². The number of nitrogens with zero attached hydrogens (tertiary/aromatic N) is 3. The van der Waals surface area contributed by atoms with Crippen LogP contribution in [-0.4, -0.2) is 74.5 Å². The van der Waals surface area contributed by atoms with Gasteiger partial charge in [0.25, 0.3) is 5.91 Å². The lowest BCUT2D eigenvalue weighted by Gasteiger charge is -2.42. The Balaban J connectivity index is 1.50. The number of carbonyl (C=O) groups is 3. The van der Waals surface area contributed by atoms with Gasteiger partial charge in [-0.1, -0.05) is 53.0 Å². The summed E-state index contributed by atoms with van der Waals surface area (Å²) in [4.78, 5) is 48.0. The highest BCUT2D eigenvalue weighted by Gasteiger charge is 2.61. The van der Waals surface area contributed by atoms with Crippen LogP contribution < -0.4 is 4.74 Å². The maximum absolute atomic E-state index is 14.8. The average Bonchev–Trinajstić information content (AvgIpc) is 3.53. The van der Waals surface area contributed by atoms with Crippen LogP contribution in [-0.2, 0) is 16.1 Å². The normalized spacial score (nSPS) is 20.4. The Bertz CT molecular complexity index is 1760. The third kappa shape index (κ3) is 5.44. The maximum Gasteiger partial charge on any atom is 0.407 e. The van der Waals surface area contributed by atoms with Gasteiger partial charge >= 0.3 is 6.09 Å². The number of hydrogen-bond acceptors (Lipinski definition) is 4. The molecule has 3 heterocycles. The lowest BCUT2D eigenvalue weighted by Crippen LogP contribution is -2.60. The molecule has 1 aromatic heterocycles. The second-order valence-corrected chi connectivity index (χ2v) is 12.0. The van der Waals surface area contributed by atoms with Gasteiger partial charge in [0, 0.05) is 60.4 Å². The standard InChI is InChI=1S/C32H29Cl2FN4O5/c1-19-2-6-22(7-3-19)44-32(30(41)37-10-12-38(13-11-37)31(42)43)16-28(40)39(18-20-4-9-25(34)26(35)14-20)29(32)24-17-36-27-15-21(33)5-8-23(24)27/h2-9,14-15,17,29,36H,10-13,16,18H2,1H3,(H,42,43). The van der Waals surface area contributed by atoms with E-state index in [-0.39, 0.29) is 50.1 Å². The molecule has 12 heteroatoms. The number of nitrogens with one attached hydrogen (secondary N) is 1. The third-order valence-corrected chi connectivity index (χ3v) is 8.86. The summed E-state index contributed by atoms with van der Waals surface area (Å²) in [6.45, 7) is 2.43. The first-order valence-electron chi connectivity index (χ1n) is 14.1. The number of H-pyrrole nitrogens is 1. The number of hydrogen-bond donors (Lipinski definition) is 2. The van der Waals surface area contributed by atoms with Crippen LogP contribution in [0, 0.1) is 12.7 Å². The summed E-state index contributed by atoms with van der Waals surface area (Å²) in [7, 11) is 0. The van der Waals surface area contributed by atoms with E-state index in [1.165, 1.54) is 17.0 Å². The van der Waals surface area contributed by atoms with Crippen molar-refractivity contribution in [3.05, 3.63) is 99.4 Å². The molecule has 0 aliphatic carbocycles. The first-order valence-corrected chi connectivity index (χ1v) is 14.8. The molecule has 2 saturated heterocycles. The number of aryl methyl sites for hydroxylation is 1. The largest absolute Gasteiger partial charge is 0.474 e. The van der Waals surface area contributed by atoms with E-state index in [1.54, 1.807) is 46.3 Å². The van der Waals surface area contributed by atoms with Crippen molar-refractivity contribution in [1.82, 2.24) is 19.7 Å². The molecule has 0 spiro atoms. The van der Waals surface area contributed by atoms with Gasteiger partial charge in [0.2, 0.25) is 11.5 Å². The summed E-state index contributed by atoms with van der Waals surface area (Å²) in [5.74, 6) is -1.02. The van der Waals surface area contributed by atoms with Crippen molar-refractivity contribution in [2.45, 2.75) is 31.5 Å². The van der Waals surface area contributed by atoms with Crippen molar-refractivity contribution in [1.29, 1.82) is 0 Å². The summed E-state index contributed by atoms with van der Waals surface area (Å²) in [5.41, 5.74) is 1.07. The molecular weight excluding hydrogens is 610 g/mol. The van der Waals surface area contributed by atoms with Crippen molar-refractivity contribution >= 4 is 52.0 Å². The number of fused-ring (bicyclic) bond motifs is 1. The number of rotatable bonds is 6. The molecule has 2 N–H and O–H groups in total. The van der Waals surface area contributed by atoms with Crippen molar-refractivity contribution in [3.8, 4) is 5.75 Å². The van der Waals surface area contributed by atoms with Crippen molar-refractivity contribution in [3.63, 3.8) is 0 Å². The van der Waals surface area contributed by atoms with E-state index < -0.39 is 29.5 Å². The number of carboxylic acid groups (broad SMARTS) is 1. The Morgan fingerprint density at radius 2 is 1.73 bits per heavy atom. The Morgan fingerprint density at radius 3 is 2.41 bits per heavy atom. The van der Waals surface area contributed by atoms with Gasteiger partial charge in [0.1, 0.15) is 17.6 Å². The first-order chi connectivity index (χ1) is 21.1. The molecule has 2 aliphatic rings. The van der Waals surface area contributed by atoms with Crippen LogP contribution in [0.15, 0.2) is 66.9 Å². The average molecular weight is 640 g/mol. The van der Waals surface area contributed by atoms with E-state index in [0.717, 1.165) is 10.9 Å². The van der Waals surface area contributed by atoms with Crippen molar-refractivity contribution in [2.24, 2.45) is 0 Å². The molecular formula is C32H29Cl2FN4O5. The topological polar surface area (TPSA) is 106 Å². The first kappa shape index (κ1) is 29.8. The zero-order valence-corrected chi connectivity index (χ0v) is 25.2. The maximum atomic E-state index is 14.8. The number of ether oxygens (including phenoxy) is 1. The molecule has 0 saturated carbocycles. The highest BCUT2D eigenvalue weighted by atomic mass is 35.5. The van der Waals surface area contributed by atoms with Crippen LogP contribution in [0.1, 0.15) is 29.2 Å². The quantitative estimate of drug-likeness (QED) is 0.268. The van der Waals surface area contributed by atoms with E-state index in [2.05, 4.69) is 4.98 Å². The molecule has 9 nitrogen and oxygen atoms in total. The molecule has 228 valence electrons. The van der Waals surface area contributed by atoms with Crippen LogP contribution in [0.25, 0.3) is 10.9 Å². The van der Waals surface area contributed by atoms with Gasteiger partial charge in [-0.25, -0.2) is 9.18 Å². The van der Waals surface area contributed by atoms with Gasteiger partial charge in [-0.05, 0) is 48.9 Å². The van der Waals surface area contributed by atoms with Crippen LogP contribution in [0.2, 0.25) is 10.0 Å². The number of benzene rings is 3. The number of halogens is 3. The number of piperazine rings is 1. The lowest BCUT2D eigenvalue weighted by atomic mass is 9.86.